The van der Waals surface area contributed by atoms with Crippen LogP contribution >= 0.6 is 11.9 Å². The van der Waals surface area contributed by atoms with Gasteiger partial charge < -0.3 is 4.72 Å². The number of hydrogen-bond donors (Lipinski definition) is 3. The van der Waals surface area contributed by atoms with Gasteiger partial charge in [0.05, 0.1) is 23.8 Å². The highest BCUT2D eigenvalue weighted by atomic mass is 32.2. The molecule has 3 N–H and O–H groups in total. The van der Waals surface area contributed by atoms with E-state index < -0.39 is 5.91 Å². The number of anilines is 1. The molecule has 0 saturated heterocycles. The number of amides is 1. The molecule has 25 heavy (non-hydrogen) atoms. The van der Waals surface area contributed by atoms with Crippen molar-refractivity contribution in [3.05, 3.63) is 70.3 Å². The average Bonchev–Trinajstić information content (AvgIpc) is 2.64. The summed E-state index contributed by atoms with van der Waals surface area (Å²) >= 11 is 1.49. The highest BCUT2D eigenvalue weighted by molar-refractivity contribution is 7.99. The number of aromatic nitrogens is 2. The lowest BCUT2D eigenvalue weighted by atomic mass is 10.1. The first-order valence-corrected chi connectivity index (χ1v) is 8.66. The third kappa shape index (κ3) is 3.65. The zero-order chi connectivity index (χ0) is 17.8. The van der Waals surface area contributed by atoms with Gasteiger partial charge in [0.25, 0.3) is 11.5 Å². The summed E-state index contributed by atoms with van der Waals surface area (Å²) in [5.41, 5.74) is 3.90. The molecular formula is C17H16N4O3S. The van der Waals surface area contributed by atoms with E-state index in [0.29, 0.717) is 17.4 Å². The molecular weight excluding hydrogens is 340 g/mol. The van der Waals surface area contributed by atoms with E-state index >= 15 is 0 Å². The van der Waals surface area contributed by atoms with Gasteiger partial charge in [0.2, 0.25) is 0 Å². The minimum absolute atomic E-state index is 0.192. The van der Waals surface area contributed by atoms with Crippen molar-refractivity contribution in [3.63, 3.8) is 0 Å². The molecule has 0 saturated carbocycles. The first-order chi connectivity index (χ1) is 12.1. The van der Waals surface area contributed by atoms with Gasteiger partial charge in [-0.2, -0.15) is 0 Å². The normalized spacial score (nSPS) is 10.6. The topological polar surface area (TPSA) is 96.2 Å². The van der Waals surface area contributed by atoms with Crippen molar-refractivity contribution < 1.29 is 10.0 Å². The lowest BCUT2D eigenvalue weighted by Crippen LogP contribution is -2.23. The number of fused-ring (bicyclic) bond motifs is 1. The summed E-state index contributed by atoms with van der Waals surface area (Å²) in [5.74, 6) is -0.674. The van der Waals surface area contributed by atoms with E-state index in [4.69, 9.17) is 5.21 Å². The van der Waals surface area contributed by atoms with Gasteiger partial charge in [0.15, 0.2) is 0 Å². The number of rotatable bonds is 5. The third-order valence-electron chi connectivity index (χ3n) is 3.69. The zero-order valence-corrected chi connectivity index (χ0v) is 14.2. The molecule has 3 aromatic rings. The summed E-state index contributed by atoms with van der Waals surface area (Å²) in [5, 5.41) is 9.06. The molecule has 2 aromatic carbocycles. The highest BCUT2D eigenvalue weighted by Crippen LogP contribution is 2.15. The van der Waals surface area contributed by atoms with Crippen LogP contribution in [0.25, 0.3) is 10.9 Å². The van der Waals surface area contributed by atoms with Gasteiger partial charge in [0.1, 0.15) is 0 Å². The largest absolute Gasteiger partial charge is 0.330 e. The molecule has 0 fully saturated rings. The molecule has 7 nitrogen and oxygen atoms in total. The van der Waals surface area contributed by atoms with Gasteiger partial charge in [-0.25, -0.2) is 10.5 Å². The number of benzene rings is 2. The van der Waals surface area contributed by atoms with Gasteiger partial charge in [-0.3, -0.25) is 19.4 Å². The molecule has 1 aromatic heterocycles. The van der Waals surface area contributed by atoms with E-state index in [-0.39, 0.29) is 11.1 Å². The van der Waals surface area contributed by atoms with Crippen LogP contribution in [0.3, 0.4) is 0 Å². The number of carbonyl (C=O) groups excluding carboxylic acids is 1. The monoisotopic (exact) mass is 356 g/mol. The Balaban J connectivity index is 1.99. The maximum absolute atomic E-state index is 12.7. The summed E-state index contributed by atoms with van der Waals surface area (Å²) < 4.78 is 4.64. The van der Waals surface area contributed by atoms with Crippen molar-refractivity contribution in [2.45, 2.75) is 6.54 Å². The van der Waals surface area contributed by atoms with Crippen molar-refractivity contribution >= 4 is 34.4 Å². The Kier molecular flexibility index (Phi) is 5.01. The van der Waals surface area contributed by atoms with Crippen LogP contribution < -0.4 is 15.8 Å². The van der Waals surface area contributed by atoms with Crippen LogP contribution in [0, 0.1) is 0 Å². The van der Waals surface area contributed by atoms with E-state index in [2.05, 4.69) is 9.71 Å². The second-order valence-electron chi connectivity index (χ2n) is 5.36. The van der Waals surface area contributed by atoms with Crippen LogP contribution in [-0.4, -0.2) is 26.9 Å². The smallest absolute Gasteiger partial charge is 0.274 e. The van der Waals surface area contributed by atoms with Gasteiger partial charge in [-0.05, 0) is 35.9 Å². The first kappa shape index (κ1) is 17.0. The molecule has 128 valence electrons. The Morgan fingerprint density at radius 3 is 2.88 bits per heavy atom. The minimum Gasteiger partial charge on any atom is -0.330 e. The third-order valence-corrected chi connectivity index (χ3v) is 4.13. The molecule has 1 heterocycles. The van der Waals surface area contributed by atoms with Gasteiger partial charge in [-0.1, -0.05) is 24.1 Å². The molecule has 8 heteroatoms. The number of hydroxylamine groups is 1. The number of nitrogens with one attached hydrogen (secondary N) is 2. The van der Waals surface area contributed by atoms with Crippen LogP contribution in [0.4, 0.5) is 5.69 Å². The molecule has 0 aliphatic rings. The van der Waals surface area contributed by atoms with E-state index in [1.807, 2.05) is 30.5 Å². The Morgan fingerprint density at radius 1 is 1.28 bits per heavy atom. The molecule has 3 rings (SSSR count). The van der Waals surface area contributed by atoms with E-state index in [9.17, 15) is 9.59 Å². The van der Waals surface area contributed by atoms with Gasteiger partial charge >= 0.3 is 0 Å². The highest BCUT2D eigenvalue weighted by Gasteiger charge is 2.10. The standard InChI is InChI=1S/C17H16N4O3S/c1-25-20-13-4-2-3-11(7-13)9-21-10-18-15-6-5-12(16(22)19-24)8-14(15)17(21)23/h2-8,10,20,24H,9H2,1H3,(H,19,22). The van der Waals surface area contributed by atoms with Crippen molar-refractivity contribution in [3.8, 4) is 0 Å². The lowest BCUT2D eigenvalue weighted by molar-refractivity contribution is 0.0706. The minimum atomic E-state index is -0.674. The Hall–Kier alpha value is -2.84. The Bertz CT molecular complexity index is 987. The second kappa shape index (κ2) is 7.37. The number of nitrogens with zero attached hydrogens (tertiary/aromatic N) is 2. The molecule has 0 aliphatic heterocycles. The SMILES string of the molecule is CSNc1cccc(Cn2cnc3ccc(C(=O)NO)cc3c2=O)c1. The predicted octanol–water partition coefficient (Wildman–Crippen LogP) is 2.25. The Morgan fingerprint density at radius 2 is 2.12 bits per heavy atom. The fourth-order valence-electron chi connectivity index (χ4n) is 2.53. The fourth-order valence-corrected chi connectivity index (χ4v) is 2.89. The van der Waals surface area contributed by atoms with Crippen molar-refractivity contribution in [2.24, 2.45) is 0 Å². The van der Waals surface area contributed by atoms with E-state index in [0.717, 1.165) is 11.3 Å². The molecule has 1 amide bonds. The Labute approximate surface area is 147 Å². The molecule has 0 bridgehead atoms. The zero-order valence-electron chi connectivity index (χ0n) is 13.4. The molecule has 0 radical (unpaired) electrons. The van der Waals surface area contributed by atoms with E-state index in [1.54, 1.807) is 11.5 Å². The fraction of sp³-hybridized carbons (Fsp3) is 0.118. The summed E-state index contributed by atoms with van der Waals surface area (Å²) in [6.45, 7) is 0.363. The maximum Gasteiger partial charge on any atom is 0.274 e. The predicted molar refractivity (Wildman–Crippen MR) is 97.9 cm³/mol. The quantitative estimate of drug-likeness (QED) is 0.369. The van der Waals surface area contributed by atoms with E-state index in [1.165, 1.54) is 35.0 Å². The van der Waals surface area contributed by atoms with Crippen molar-refractivity contribution in [1.29, 1.82) is 0 Å². The van der Waals surface area contributed by atoms with Crippen LogP contribution in [0.15, 0.2) is 53.6 Å². The molecule has 0 atom stereocenters. The van der Waals surface area contributed by atoms with Crippen molar-refractivity contribution in [1.82, 2.24) is 15.0 Å². The van der Waals surface area contributed by atoms with Gasteiger partial charge in [0, 0.05) is 17.5 Å². The average molecular weight is 356 g/mol. The molecule has 0 unspecified atom stereocenters. The van der Waals surface area contributed by atoms with Gasteiger partial charge in [-0.15, -0.1) is 0 Å². The van der Waals surface area contributed by atoms with Crippen LogP contribution in [-0.2, 0) is 6.54 Å². The summed E-state index contributed by atoms with van der Waals surface area (Å²) in [6.07, 6.45) is 3.43. The number of hydrogen-bond acceptors (Lipinski definition) is 6. The lowest BCUT2D eigenvalue weighted by Gasteiger charge is -2.09. The summed E-state index contributed by atoms with van der Waals surface area (Å²) in [4.78, 5) is 28.5. The summed E-state index contributed by atoms with van der Waals surface area (Å²) in [7, 11) is 0. The second-order valence-corrected chi connectivity index (χ2v) is 5.97. The number of carbonyl (C=O) groups is 1. The van der Waals surface area contributed by atoms with Crippen LogP contribution in [0.2, 0.25) is 0 Å². The van der Waals surface area contributed by atoms with Crippen LogP contribution in [0.5, 0.6) is 0 Å². The molecule has 0 spiro atoms. The first-order valence-electron chi connectivity index (χ1n) is 7.44. The summed E-state index contributed by atoms with van der Waals surface area (Å²) in [6, 6.07) is 12.3. The molecule has 0 aliphatic carbocycles. The van der Waals surface area contributed by atoms with Crippen molar-refractivity contribution in [2.75, 3.05) is 11.0 Å². The van der Waals surface area contributed by atoms with Crippen LogP contribution in [0.1, 0.15) is 15.9 Å². The maximum atomic E-state index is 12.7.